The number of halogens is 1. The monoisotopic (exact) mass is 1250 g/mol. The van der Waals surface area contributed by atoms with E-state index < -0.39 is 23.1 Å². The lowest BCUT2D eigenvalue weighted by molar-refractivity contribution is -0.150. The molecular formula is C70H67BrN10O8. The molecule has 4 heterocycles. The van der Waals surface area contributed by atoms with Crippen LogP contribution in [0, 0.1) is 36.5 Å². The second kappa shape index (κ2) is 29.1. The molecule has 0 aliphatic carbocycles. The van der Waals surface area contributed by atoms with E-state index >= 15 is 0 Å². The molecule has 0 atom stereocenters. The lowest BCUT2D eigenvalue weighted by Crippen LogP contribution is -2.24. The third-order valence-corrected chi connectivity index (χ3v) is 13.3. The van der Waals surface area contributed by atoms with E-state index in [-0.39, 0.29) is 11.1 Å². The number of fused-ring (bicyclic) bond motifs is 2. The molecule has 0 bridgehead atoms. The van der Waals surface area contributed by atoms with Crippen molar-refractivity contribution >= 4 is 79.3 Å². The first-order valence-corrected chi connectivity index (χ1v) is 28.9. The summed E-state index contributed by atoms with van der Waals surface area (Å²) < 4.78 is 37.8. The molecule has 10 rings (SSSR count). The van der Waals surface area contributed by atoms with Crippen LogP contribution >= 0.6 is 15.9 Å². The molecule has 0 aliphatic rings. The number of nitrogens with two attached hydrogens (primary N) is 1. The van der Waals surface area contributed by atoms with Crippen LogP contribution in [0.1, 0.15) is 74.9 Å². The summed E-state index contributed by atoms with van der Waals surface area (Å²) in [6.45, 7) is 15.7. The average Bonchev–Trinajstić information content (AvgIpc) is 1.78. The number of anilines is 3. The number of rotatable bonds is 16. The molecule has 0 aliphatic heterocycles. The van der Waals surface area contributed by atoms with Crippen LogP contribution in [0.15, 0.2) is 186 Å². The zero-order chi connectivity index (χ0) is 63.8. The molecule has 19 heteroatoms. The first-order valence-electron chi connectivity index (χ1n) is 28.1. The van der Waals surface area contributed by atoms with Crippen molar-refractivity contribution in [3.05, 3.63) is 219 Å². The standard InChI is InChI=1S/C35H33N5O4.C21H18BrN3O2.C14H16N2O2/c1-23-9-13-29(14-10-23)43-30-17-18-37-33-31(30)32(39-40(33)22-24-11-15-28(42-5)16-12-24)38-27-8-6-7-25(20-27)19-26(21-36)34(41)44-35(2,3)4;1-14-3-7-17(8-4-14)27-18-11-12-23-21-19(18)20(22)24-25(21)13-15-5-9-16(26-2)10-6-15;1-14(2,3)18-13(17)11(9-15)7-10-5-4-6-12(16)8-10/h6-20H,22H2,1-5H3,(H,38,39);3-12H,13H2,1-2H3;4-8H,16H2,1-3H3/b26-19+;;11-7+. The van der Waals surface area contributed by atoms with Crippen molar-refractivity contribution < 1.29 is 38.0 Å². The summed E-state index contributed by atoms with van der Waals surface area (Å²) >= 11 is 3.56. The van der Waals surface area contributed by atoms with Gasteiger partial charge in [0.05, 0.1) is 32.7 Å². The summed E-state index contributed by atoms with van der Waals surface area (Å²) in [5.41, 5.74) is 12.6. The number of esters is 2. The molecule has 3 N–H and O–H groups in total. The fourth-order valence-corrected chi connectivity index (χ4v) is 9.18. The van der Waals surface area contributed by atoms with Gasteiger partial charge in [-0.2, -0.15) is 20.7 Å². The van der Waals surface area contributed by atoms with Gasteiger partial charge in [-0.1, -0.05) is 83.9 Å². The van der Waals surface area contributed by atoms with Crippen LogP contribution in [0.5, 0.6) is 34.5 Å². The Kier molecular flexibility index (Phi) is 21.0. The SMILES string of the molecule is CC(C)(C)OC(=O)/C(C#N)=C/c1cccc(N)c1.COc1ccc(Cn2nc(Br)c3c(Oc4ccc(C)cc4)ccnc32)cc1.COc1ccc(Cn2nc(Nc3cccc(/C=C(\C#N)C(=O)OC(C)(C)C)c3)c3c(Oc4ccc(C)cc4)ccnc32)cc1. The molecule has 18 nitrogen and oxygen atoms in total. The highest BCUT2D eigenvalue weighted by atomic mass is 79.9. The number of hydrogen-bond acceptors (Lipinski definition) is 16. The predicted molar refractivity (Wildman–Crippen MR) is 349 cm³/mol. The third-order valence-electron chi connectivity index (χ3n) is 12.8. The number of ether oxygens (including phenoxy) is 6. The molecule has 0 amide bonds. The molecule has 0 fully saturated rings. The second-order valence-electron chi connectivity index (χ2n) is 22.3. The maximum atomic E-state index is 12.5. The minimum atomic E-state index is -0.714. The van der Waals surface area contributed by atoms with E-state index in [0.717, 1.165) is 50.7 Å². The van der Waals surface area contributed by atoms with Gasteiger partial charge in [-0.15, -0.1) is 0 Å². The van der Waals surface area contributed by atoms with Crippen LogP contribution in [0.3, 0.4) is 0 Å². The van der Waals surface area contributed by atoms with Gasteiger partial charge in [-0.05, 0) is 179 Å². The summed E-state index contributed by atoms with van der Waals surface area (Å²) in [6, 6.07) is 53.2. The van der Waals surface area contributed by atoms with Crippen LogP contribution < -0.4 is 30.0 Å². The molecule has 0 saturated heterocycles. The number of aryl methyl sites for hydroxylation is 2. The van der Waals surface area contributed by atoms with E-state index in [9.17, 15) is 14.9 Å². The number of aromatic nitrogens is 6. The number of carbonyl (C=O) groups excluding carboxylic acids is 2. The number of nitrogens with one attached hydrogen (secondary N) is 1. The van der Waals surface area contributed by atoms with E-state index in [1.807, 2.05) is 163 Å². The van der Waals surface area contributed by atoms with Gasteiger partial charge in [0.1, 0.15) is 79.0 Å². The zero-order valence-electron chi connectivity index (χ0n) is 51.0. The highest BCUT2D eigenvalue weighted by Gasteiger charge is 2.23. The van der Waals surface area contributed by atoms with E-state index in [1.54, 1.807) is 98.5 Å². The first kappa shape index (κ1) is 64.2. The Labute approximate surface area is 525 Å². The predicted octanol–water partition coefficient (Wildman–Crippen LogP) is 15.5. The Balaban J connectivity index is 0.000000192. The molecule has 452 valence electrons. The number of hydrogen-bond donors (Lipinski definition) is 2. The maximum absolute atomic E-state index is 12.5. The van der Waals surface area contributed by atoms with E-state index in [4.69, 9.17) is 44.5 Å². The summed E-state index contributed by atoms with van der Waals surface area (Å²) in [6.07, 6.45) is 6.41. The van der Waals surface area contributed by atoms with Crippen molar-refractivity contribution in [2.24, 2.45) is 0 Å². The normalized spacial score (nSPS) is 11.4. The number of nitriles is 2. The molecular weight excluding hydrogens is 1190 g/mol. The van der Waals surface area contributed by atoms with Gasteiger partial charge in [0.25, 0.3) is 0 Å². The number of nitrogen functional groups attached to an aromatic ring is 1. The topological polar surface area (TPSA) is 237 Å². The summed E-state index contributed by atoms with van der Waals surface area (Å²) in [4.78, 5) is 33.5. The average molecular weight is 1260 g/mol. The molecule has 0 saturated carbocycles. The van der Waals surface area contributed by atoms with Crippen LogP contribution in [0.4, 0.5) is 17.2 Å². The zero-order valence-corrected chi connectivity index (χ0v) is 52.6. The van der Waals surface area contributed by atoms with Crippen molar-refractivity contribution in [2.75, 3.05) is 25.3 Å². The van der Waals surface area contributed by atoms with Gasteiger partial charge in [-0.25, -0.2) is 28.9 Å². The summed E-state index contributed by atoms with van der Waals surface area (Å²) in [5, 5.41) is 33.1. The molecule has 0 unspecified atom stereocenters. The van der Waals surface area contributed by atoms with Gasteiger partial charge < -0.3 is 39.5 Å². The van der Waals surface area contributed by atoms with Crippen LogP contribution in [0.2, 0.25) is 0 Å². The first-order chi connectivity index (χ1) is 42.6. The molecule has 4 aromatic heterocycles. The quantitative estimate of drug-likeness (QED) is 0.0396. The van der Waals surface area contributed by atoms with Gasteiger partial charge in [0.15, 0.2) is 17.1 Å². The molecule has 10 aromatic rings. The Bertz CT molecular complexity index is 4260. The number of carbonyl (C=O) groups is 2. The van der Waals surface area contributed by atoms with Gasteiger partial charge in [0.2, 0.25) is 0 Å². The summed E-state index contributed by atoms with van der Waals surface area (Å²) in [5.74, 6) is 3.62. The van der Waals surface area contributed by atoms with E-state index in [2.05, 4.69) is 36.3 Å². The fourth-order valence-electron chi connectivity index (χ4n) is 8.61. The van der Waals surface area contributed by atoms with Gasteiger partial charge >= 0.3 is 11.9 Å². The van der Waals surface area contributed by atoms with Crippen molar-refractivity contribution in [3.8, 4) is 46.6 Å². The fraction of sp³-hybridized carbons (Fsp3) is 0.200. The minimum absolute atomic E-state index is 0.0458. The Hall–Kier alpha value is -10.8. The van der Waals surface area contributed by atoms with Crippen molar-refractivity contribution in [1.29, 1.82) is 10.5 Å². The molecule has 0 radical (unpaired) electrons. The second-order valence-corrected chi connectivity index (χ2v) is 23.0. The Morgan fingerprint density at radius 3 is 1.45 bits per heavy atom. The Morgan fingerprint density at radius 2 is 1.00 bits per heavy atom. The lowest BCUT2D eigenvalue weighted by Gasteiger charge is -2.19. The van der Waals surface area contributed by atoms with Crippen molar-refractivity contribution in [1.82, 2.24) is 29.5 Å². The minimum Gasteiger partial charge on any atom is -0.497 e. The third kappa shape index (κ3) is 18.1. The van der Waals surface area contributed by atoms with Crippen LogP contribution in [-0.4, -0.2) is 66.9 Å². The Morgan fingerprint density at radius 1 is 0.573 bits per heavy atom. The summed E-state index contributed by atoms with van der Waals surface area (Å²) in [7, 11) is 3.30. The number of methoxy groups -OCH3 is 2. The van der Waals surface area contributed by atoms with Crippen molar-refractivity contribution in [2.45, 2.75) is 79.7 Å². The highest BCUT2D eigenvalue weighted by molar-refractivity contribution is 9.10. The molecule has 0 spiro atoms. The maximum Gasteiger partial charge on any atom is 0.349 e. The lowest BCUT2D eigenvalue weighted by atomic mass is 10.1. The molecule has 89 heavy (non-hydrogen) atoms. The smallest absolute Gasteiger partial charge is 0.349 e. The van der Waals surface area contributed by atoms with Crippen LogP contribution in [-0.2, 0) is 32.2 Å². The highest BCUT2D eigenvalue weighted by Crippen LogP contribution is 2.37. The molecule has 6 aromatic carbocycles. The number of pyridine rings is 2. The number of benzene rings is 6. The van der Waals surface area contributed by atoms with Crippen LogP contribution in [0.25, 0.3) is 34.2 Å². The largest absolute Gasteiger partial charge is 0.497 e. The van der Waals surface area contributed by atoms with Gasteiger partial charge in [-0.3, -0.25) is 0 Å². The van der Waals surface area contributed by atoms with Crippen molar-refractivity contribution in [3.63, 3.8) is 0 Å². The van der Waals surface area contributed by atoms with Gasteiger partial charge in [0, 0.05) is 35.9 Å². The number of nitrogens with zero attached hydrogens (tertiary/aromatic N) is 8. The van der Waals surface area contributed by atoms with E-state index in [0.29, 0.717) is 68.5 Å². The van der Waals surface area contributed by atoms with E-state index in [1.165, 1.54) is 17.7 Å².